The highest BCUT2D eigenvalue weighted by Crippen LogP contribution is 2.33. The summed E-state index contributed by atoms with van der Waals surface area (Å²) < 4.78 is 17.0. The standard InChI is InChI=1S/C26H31ClFN7S/c1-16-10-21(7-9-35(16)17(2)18-6-8-29-25(11-18)33-36-3)34-14-19-13-30-26(32-24(19)15-34)31-20-4-5-22(27)23(28)12-20/h6,8,11-13,16,21H,2,4-5,7,9-10,14-15H2,1,3H3,(H,29,33)(H,30,31,32)/t16-,21?/m1/s1. The van der Waals surface area contributed by atoms with Gasteiger partial charge in [0.05, 0.1) is 10.7 Å². The molecule has 5 rings (SSSR count). The number of anilines is 2. The van der Waals surface area contributed by atoms with E-state index in [4.69, 9.17) is 16.6 Å². The van der Waals surface area contributed by atoms with Gasteiger partial charge in [-0.05, 0) is 50.8 Å². The van der Waals surface area contributed by atoms with Gasteiger partial charge in [0.15, 0.2) is 0 Å². The van der Waals surface area contributed by atoms with E-state index in [1.807, 2.05) is 24.7 Å². The smallest absolute Gasteiger partial charge is 0.227 e. The molecular formula is C26H31ClFN7S. The van der Waals surface area contributed by atoms with Crippen LogP contribution in [0.1, 0.15) is 49.4 Å². The Morgan fingerprint density at radius 3 is 2.92 bits per heavy atom. The number of hydrogen-bond acceptors (Lipinski definition) is 8. The van der Waals surface area contributed by atoms with Crippen molar-refractivity contribution in [2.45, 2.75) is 57.8 Å². The Balaban J connectivity index is 1.20. The molecule has 2 aromatic rings. The van der Waals surface area contributed by atoms with Gasteiger partial charge in [0.25, 0.3) is 0 Å². The summed E-state index contributed by atoms with van der Waals surface area (Å²) in [4.78, 5) is 18.5. The van der Waals surface area contributed by atoms with Crippen LogP contribution in [0.2, 0.25) is 0 Å². The molecule has 2 aliphatic heterocycles. The number of aromatic nitrogens is 3. The minimum Gasteiger partial charge on any atom is -0.369 e. The lowest BCUT2D eigenvalue weighted by Gasteiger charge is -2.43. The average Bonchev–Trinajstić information content (AvgIpc) is 3.30. The first-order valence-corrected chi connectivity index (χ1v) is 13.8. The molecule has 7 nitrogen and oxygen atoms in total. The highest BCUT2D eigenvalue weighted by molar-refractivity contribution is 7.99. The molecule has 2 atom stereocenters. The SMILES string of the molecule is C=C(c1ccnc(NSC)c1)N1CCC(N2Cc3cnc(NC4=CC(F)=C(Cl)CC4)nc3C2)C[C@H]1C. The van der Waals surface area contributed by atoms with Gasteiger partial charge in [0, 0.05) is 72.9 Å². The molecule has 1 saturated heterocycles. The van der Waals surface area contributed by atoms with E-state index in [1.54, 1.807) is 0 Å². The van der Waals surface area contributed by atoms with E-state index in [0.717, 1.165) is 66.5 Å². The number of rotatable bonds is 7. The largest absolute Gasteiger partial charge is 0.369 e. The fourth-order valence-electron chi connectivity index (χ4n) is 5.22. The van der Waals surface area contributed by atoms with E-state index in [-0.39, 0.29) is 10.9 Å². The summed E-state index contributed by atoms with van der Waals surface area (Å²) in [7, 11) is 0. The number of allylic oxidation sites excluding steroid dienone is 4. The van der Waals surface area contributed by atoms with Gasteiger partial charge in [-0.2, -0.15) is 0 Å². The van der Waals surface area contributed by atoms with E-state index in [9.17, 15) is 4.39 Å². The highest BCUT2D eigenvalue weighted by Gasteiger charge is 2.33. The molecule has 3 aliphatic rings. The molecule has 0 radical (unpaired) electrons. The molecule has 1 aliphatic carbocycles. The summed E-state index contributed by atoms with van der Waals surface area (Å²) >= 11 is 7.40. The molecule has 10 heteroatoms. The summed E-state index contributed by atoms with van der Waals surface area (Å²) in [6.07, 6.45) is 10.4. The number of nitrogens with zero attached hydrogens (tertiary/aromatic N) is 5. The van der Waals surface area contributed by atoms with Crippen molar-refractivity contribution in [3.05, 3.63) is 70.6 Å². The summed E-state index contributed by atoms with van der Waals surface area (Å²) in [5.41, 5.74) is 5.10. The molecule has 2 N–H and O–H groups in total. The van der Waals surface area contributed by atoms with Crippen LogP contribution in [0.25, 0.3) is 5.70 Å². The minimum absolute atomic E-state index is 0.271. The van der Waals surface area contributed by atoms with E-state index >= 15 is 0 Å². The maximum atomic E-state index is 13.8. The van der Waals surface area contributed by atoms with Crippen molar-refractivity contribution in [2.24, 2.45) is 0 Å². The van der Waals surface area contributed by atoms with Gasteiger partial charge < -0.3 is 14.9 Å². The van der Waals surface area contributed by atoms with Gasteiger partial charge in [0.2, 0.25) is 5.95 Å². The summed E-state index contributed by atoms with van der Waals surface area (Å²) in [6.45, 7) is 9.31. The molecule has 1 unspecified atom stereocenters. The van der Waals surface area contributed by atoms with Crippen molar-refractivity contribution in [3.63, 3.8) is 0 Å². The Kier molecular flexibility index (Phi) is 7.50. The minimum atomic E-state index is -0.387. The monoisotopic (exact) mass is 527 g/mol. The number of fused-ring (bicyclic) bond motifs is 1. The average molecular weight is 528 g/mol. The van der Waals surface area contributed by atoms with Gasteiger partial charge >= 0.3 is 0 Å². The van der Waals surface area contributed by atoms with E-state index in [2.05, 4.69) is 49.4 Å². The Bertz CT molecular complexity index is 1220. The molecule has 0 spiro atoms. The van der Waals surface area contributed by atoms with Crippen LogP contribution in [-0.4, -0.2) is 49.6 Å². The highest BCUT2D eigenvalue weighted by atomic mass is 35.5. The second-order valence-electron chi connectivity index (χ2n) is 9.52. The van der Waals surface area contributed by atoms with Gasteiger partial charge in [-0.1, -0.05) is 30.1 Å². The number of hydrogen-bond donors (Lipinski definition) is 2. The lowest BCUT2D eigenvalue weighted by Crippen LogP contribution is -2.46. The van der Waals surface area contributed by atoms with Crippen molar-refractivity contribution >= 4 is 41.0 Å². The van der Waals surface area contributed by atoms with Gasteiger partial charge in [-0.25, -0.2) is 19.3 Å². The van der Waals surface area contributed by atoms with Crippen molar-refractivity contribution in [1.29, 1.82) is 0 Å². The molecular weight excluding hydrogens is 497 g/mol. The van der Waals surface area contributed by atoms with Gasteiger partial charge in [-0.15, -0.1) is 0 Å². The Hall–Kier alpha value is -2.62. The first kappa shape index (κ1) is 25.0. The van der Waals surface area contributed by atoms with Crippen LogP contribution in [0.15, 0.2) is 53.7 Å². The Morgan fingerprint density at radius 1 is 1.28 bits per heavy atom. The van der Waals surface area contributed by atoms with Crippen LogP contribution >= 0.6 is 23.5 Å². The Labute approximate surface area is 221 Å². The van der Waals surface area contributed by atoms with E-state index < -0.39 is 0 Å². The number of nitrogens with one attached hydrogen (secondary N) is 2. The molecule has 190 valence electrons. The lowest BCUT2D eigenvalue weighted by molar-refractivity contribution is 0.102. The van der Waals surface area contributed by atoms with Gasteiger partial charge in [0.1, 0.15) is 11.6 Å². The molecule has 0 amide bonds. The van der Waals surface area contributed by atoms with Crippen LogP contribution in [0, 0.1) is 0 Å². The number of pyridine rings is 1. The van der Waals surface area contributed by atoms with Crippen molar-refractivity contribution in [3.8, 4) is 0 Å². The second kappa shape index (κ2) is 10.8. The summed E-state index contributed by atoms with van der Waals surface area (Å²) in [6, 6.07) is 4.93. The second-order valence-corrected chi connectivity index (χ2v) is 10.6. The van der Waals surface area contributed by atoms with Crippen LogP contribution in [0.5, 0.6) is 0 Å². The molecule has 4 heterocycles. The van der Waals surface area contributed by atoms with E-state index in [0.29, 0.717) is 30.9 Å². The third-order valence-electron chi connectivity index (χ3n) is 7.14. The topological polar surface area (TPSA) is 69.2 Å². The number of halogens is 2. The molecule has 1 fully saturated rings. The van der Waals surface area contributed by atoms with Crippen LogP contribution < -0.4 is 10.0 Å². The fraction of sp³-hybridized carbons (Fsp3) is 0.423. The summed E-state index contributed by atoms with van der Waals surface area (Å²) in [5.74, 6) is 0.973. The van der Waals surface area contributed by atoms with Crippen LogP contribution in [0.3, 0.4) is 0 Å². The predicted molar refractivity (Wildman–Crippen MR) is 146 cm³/mol. The zero-order chi connectivity index (χ0) is 25.2. The van der Waals surface area contributed by atoms with Crippen LogP contribution in [0.4, 0.5) is 16.2 Å². The maximum Gasteiger partial charge on any atom is 0.227 e. The first-order valence-electron chi connectivity index (χ1n) is 12.2. The quantitative estimate of drug-likeness (QED) is 0.431. The third kappa shape index (κ3) is 5.38. The molecule has 2 aromatic heterocycles. The molecule has 0 bridgehead atoms. The fourth-order valence-corrected chi connectivity index (χ4v) is 5.69. The zero-order valence-corrected chi connectivity index (χ0v) is 22.2. The molecule has 36 heavy (non-hydrogen) atoms. The van der Waals surface area contributed by atoms with Crippen molar-refractivity contribution in [2.75, 3.05) is 22.8 Å². The van der Waals surface area contributed by atoms with Gasteiger partial charge in [-0.3, -0.25) is 4.90 Å². The lowest BCUT2D eigenvalue weighted by atomic mass is 9.95. The van der Waals surface area contributed by atoms with Crippen molar-refractivity contribution < 1.29 is 4.39 Å². The maximum absolute atomic E-state index is 13.8. The number of piperidine rings is 1. The first-order chi connectivity index (χ1) is 17.4. The predicted octanol–water partition coefficient (Wildman–Crippen LogP) is 5.91. The third-order valence-corrected chi connectivity index (χ3v) is 7.92. The molecule has 0 aromatic carbocycles. The molecule has 0 saturated carbocycles. The number of likely N-dealkylation sites (tertiary alicyclic amines) is 1. The summed E-state index contributed by atoms with van der Waals surface area (Å²) in [5, 5.41) is 3.44. The zero-order valence-electron chi connectivity index (χ0n) is 20.6. The Morgan fingerprint density at radius 2 is 2.14 bits per heavy atom. The normalized spacial score (nSPS) is 22.3. The van der Waals surface area contributed by atoms with E-state index in [1.165, 1.54) is 18.0 Å². The van der Waals surface area contributed by atoms with Crippen LogP contribution in [-0.2, 0) is 13.1 Å². The van der Waals surface area contributed by atoms with Crippen molar-refractivity contribution in [1.82, 2.24) is 24.8 Å².